The Morgan fingerprint density at radius 2 is 2.19 bits per heavy atom. The molecule has 8 nitrogen and oxygen atoms in total. The Bertz CT molecular complexity index is 844. The van der Waals surface area contributed by atoms with Gasteiger partial charge in [-0.1, -0.05) is 24.3 Å². The van der Waals surface area contributed by atoms with Gasteiger partial charge in [0.05, 0.1) is 31.2 Å². The maximum Gasteiger partial charge on any atom is 0.311 e. The van der Waals surface area contributed by atoms with E-state index >= 15 is 0 Å². The number of ether oxygens (including phenoxy) is 2. The topological polar surface area (TPSA) is 112 Å². The molecule has 27 heavy (non-hydrogen) atoms. The molecule has 9 heteroatoms. The predicted molar refractivity (Wildman–Crippen MR) is 113 cm³/mol. The van der Waals surface area contributed by atoms with E-state index in [9.17, 15) is 10.1 Å². The third-order valence-electron chi connectivity index (χ3n) is 4.15. The van der Waals surface area contributed by atoms with Gasteiger partial charge in [-0.15, -0.1) is 24.0 Å². The molecule has 3 rings (SSSR count). The average molecular weight is 484 g/mol. The lowest BCUT2D eigenvalue weighted by atomic mass is 10.0. The maximum absolute atomic E-state index is 11.1. The number of halogens is 1. The maximum atomic E-state index is 11.1. The Kier molecular flexibility index (Phi) is 7.22. The normalized spacial score (nSPS) is 15.7. The van der Waals surface area contributed by atoms with Crippen molar-refractivity contribution in [3.8, 4) is 11.5 Å². The van der Waals surface area contributed by atoms with Crippen molar-refractivity contribution in [1.29, 1.82) is 0 Å². The standard InChI is InChI=1S/C18H20N4O4.HI/c1-25-17-7-6-12(10-15(17)22(23)24)11-20-18(19)21-14-8-9-26-16-5-3-2-4-13(14)16;/h2-7,10,14H,8-9,11H2,1H3,(H3,19,20,21);1H. The van der Waals surface area contributed by atoms with E-state index in [-0.39, 0.29) is 54.0 Å². The minimum absolute atomic E-state index is 0. The van der Waals surface area contributed by atoms with E-state index < -0.39 is 4.92 Å². The zero-order valence-electron chi connectivity index (χ0n) is 14.8. The second-order valence-corrected chi connectivity index (χ2v) is 5.84. The molecule has 1 aliphatic rings. The fourth-order valence-corrected chi connectivity index (χ4v) is 2.87. The van der Waals surface area contributed by atoms with Gasteiger partial charge in [0.1, 0.15) is 5.75 Å². The van der Waals surface area contributed by atoms with Gasteiger partial charge in [-0.3, -0.25) is 10.1 Å². The summed E-state index contributed by atoms with van der Waals surface area (Å²) in [5.74, 6) is 1.34. The van der Waals surface area contributed by atoms with Crippen LogP contribution in [0.3, 0.4) is 0 Å². The lowest BCUT2D eigenvalue weighted by molar-refractivity contribution is -0.385. The molecule has 2 aromatic carbocycles. The van der Waals surface area contributed by atoms with Crippen LogP contribution in [-0.2, 0) is 6.54 Å². The van der Waals surface area contributed by atoms with E-state index in [0.29, 0.717) is 12.2 Å². The first-order chi connectivity index (χ1) is 12.6. The molecule has 0 saturated carbocycles. The zero-order valence-corrected chi connectivity index (χ0v) is 17.1. The Balaban J connectivity index is 0.00000261. The number of hydrogen-bond donors (Lipinski definition) is 2. The summed E-state index contributed by atoms with van der Waals surface area (Å²) < 4.78 is 10.6. The first kappa shape index (κ1) is 20.7. The Morgan fingerprint density at radius 1 is 1.41 bits per heavy atom. The summed E-state index contributed by atoms with van der Waals surface area (Å²) in [7, 11) is 1.40. The Hall–Kier alpha value is -2.56. The molecule has 0 aliphatic carbocycles. The van der Waals surface area contributed by atoms with Gasteiger partial charge >= 0.3 is 5.69 Å². The summed E-state index contributed by atoms with van der Waals surface area (Å²) in [5.41, 5.74) is 7.62. The summed E-state index contributed by atoms with van der Waals surface area (Å²) in [6, 6.07) is 12.5. The predicted octanol–water partition coefficient (Wildman–Crippen LogP) is 3.15. The van der Waals surface area contributed by atoms with Gasteiger partial charge in [0, 0.05) is 18.1 Å². The summed E-state index contributed by atoms with van der Waals surface area (Å²) in [6.45, 7) is 0.834. The minimum Gasteiger partial charge on any atom is -0.493 e. The third kappa shape index (κ3) is 5.00. The highest BCUT2D eigenvalue weighted by molar-refractivity contribution is 14.0. The number of fused-ring (bicyclic) bond motifs is 1. The highest BCUT2D eigenvalue weighted by atomic mass is 127. The number of benzene rings is 2. The molecule has 0 radical (unpaired) electrons. The van der Waals surface area contributed by atoms with Crippen LogP contribution >= 0.6 is 24.0 Å². The molecule has 2 aromatic rings. The molecule has 0 aromatic heterocycles. The fraction of sp³-hybridized carbons (Fsp3) is 0.278. The fourth-order valence-electron chi connectivity index (χ4n) is 2.87. The van der Waals surface area contributed by atoms with Gasteiger partial charge in [0.25, 0.3) is 0 Å². The molecule has 0 amide bonds. The molecule has 1 heterocycles. The van der Waals surface area contributed by atoms with Gasteiger partial charge in [0.15, 0.2) is 11.7 Å². The lowest BCUT2D eigenvalue weighted by Crippen LogP contribution is -2.37. The number of nitro benzene ring substituents is 1. The van der Waals surface area contributed by atoms with Gasteiger partial charge in [-0.05, 0) is 17.7 Å². The number of methoxy groups -OCH3 is 1. The van der Waals surface area contributed by atoms with Crippen LogP contribution < -0.4 is 20.5 Å². The Morgan fingerprint density at radius 3 is 2.93 bits per heavy atom. The summed E-state index contributed by atoms with van der Waals surface area (Å²) in [6.07, 6.45) is 0.779. The quantitative estimate of drug-likeness (QED) is 0.222. The molecule has 3 N–H and O–H groups in total. The van der Waals surface area contributed by atoms with Crippen molar-refractivity contribution in [1.82, 2.24) is 5.32 Å². The number of nitro groups is 1. The van der Waals surface area contributed by atoms with Crippen molar-refractivity contribution in [2.45, 2.75) is 19.0 Å². The molecule has 0 fully saturated rings. The van der Waals surface area contributed by atoms with Crippen LogP contribution in [0.2, 0.25) is 0 Å². The number of nitrogens with two attached hydrogens (primary N) is 1. The summed E-state index contributed by atoms with van der Waals surface area (Å²) in [4.78, 5) is 14.9. The molecular formula is C18H21IN4O4. The minimum atomic E-state index is -0.480. The van der Waals surface area contributed by atoms with Crippen molar-refractivity contribution in [3.05, 3.63) is 63.7 Å². The highest BCUT2D eigenvalue weighted by Crippen LogP contribution is 2.31. The van der Waals surface area contributed by atoms with E-state index in [1.807, 2.05) is 24.3 Å². The van der Waals surface area contributed by atoms with Gasteiger partial charge in [-0.25, -0.2) is 4.99 Å². The van der Waals surface area contributed by atoms with Crippen LogP contribution in [0.15, 0.2) is 47.5 Å². The number of para-hydroxylation sites is 1. The van der Waals surface area contributed by atoms with Gasteiger partial charge in [-0.2, -0.15) is 0 Å². The first-order valence-corrected chi connectivity index (χ1v) is 8.18. The van der Waals surface area contributed by atoms with Gasteiger partial charge in [0.2, 0.25) is 0 Å². The molecule has 1 aliphatic heterocycles. The number of nitrogens with zero attached hydrogens (tertiary/aromatic N) is 2. The SMILES string of the molecule is COc1ccc(CN=C(N)NC2CCOc3ccccc32)cc1[N+](=O)[O-].I. The Labute approximate surface area is 173 Å². The van der Waals surface area contributed by atoms with Crippen molar-refractivity contribution in [3.63, 3.8) is 0 Å². The third-order valence-corrected chi connectivity index (χ3v) is 4.15. The molecule has 1 atom stereocenters. The van der Waals surface area contributed by atoms with Crippen LogP contribution in [0.1, 0.15) is 23.6 Å². The van der Waals surface area contributed by atoms with E-state index in [0.717, 1.165) is 17.7 Å². The highest BCUT2D eigenvalue weighted by Gasteiger charge is 2.21. The van der Waals surface area contributed by atoms with E-state index in [4.69, 9.17) is 15.2 Å². The number of guanidine groups is 1. The van der Waals surface area contributed by atoms with Crippen LogP contribution in [0.25, 0.3) is 0 Å². The number of hydrogen-bond acceptors (Lipinski definition) is 5. The second-order valence-electron chi connectivity index (χ2n) is 5.84. The average Bonchev–Trinajstić information content (AvgIpc) is 2.66. The van der Waals surface area contributed by atoms with E-state index in [1.54, 1.807) is 12.1 Å². The van der Waals surface area contributed by atoms with Crippen molar-refractivity contribution < 1.29 is 14.4 Å². The smallest absolute Gasteiger partial charge is 0.311 e. The molecular weight excluding hydrogens is 463 g/mol. The first-order valence-electron chi connectivity index (χ1n) is 8.18. The molecule has 0 spiro atoms. The summed E-state index contributed by atoms with van der Waals surface area (Å²) >= 11 is 0. The van der Waals surface area contributed by atoms with E-state index in [2.05, 4.69) is 10.3 Å². The summed E-state index contributed by atoms with van der Waals surface area (Å²) in [5, 5.41) is 14.3. The molecule has 0 saturated heterocycles. The largest absolute Gasteiger partial charge is 0.493 e. The van der Waals surface area contributed by atoms with Crippen molar-refractivity contribution in [2.75, 3.05) is 13.7 Å². The zero-order chi connectivity index (χ0) is 18.5. The second kappa shape index (κ2) is 9.40. The lowest BCUT2D eigenvalue weighted by Gasteiger charge is -2.26. The van der Waals surface area contributed by atoms with Crippen molar-refractivity contribution in [2.24, 2.45) is 10.7 Å². The number of rotatable bonds is 5. The number of nitrogens with one attached hydrogen (secondary N) is 1. The van der Waals surface area contributed by atoms with Crippen LogP contribution in [0, 0.1) is 10.1 Å². The number of aliphatic imine (C=N–C) groups is 1. The van der Waals surface area contributed by atoms with E-state index in [1.165, 1.54) is 13.2 Å². The molecule has 144 valence electrons. The monoisotopic (exact) mass is 484 g/mol. The van der Waals surface area contributed by atoms with Crippen molar-refractivity contribution >= 4 is 35.6 Å². The van der Waals surface area contributed by atoms with Crippen LogP contribution in [0.5, 0.6) is 11.5 Å². The van der Waals surface area contributed by atoms with Gasteiger partial charge < -0.3 is 20.5 Å². The molecule has 0 bridgehead atoms. The van der Waals surface area contributed by atoms with Crippen LogP contribution in [0.4, 0.5) is 5.69 Å². The van der Waals surface area contributed by atoms with Crippen LogP contribution in [-0.4, -0.2) is 24.6 Å². The molecule has 1 unspecified atom stereocenters.